The lowest BCUT2D eigenvalue weighted by Crippen LogP contribution is -2.30. The number of rotatable bonds is 3. The van der Waals surface area contributed by atoms with E-state index in [2.05, 4.69) is 31.1 Å². The maximum atomic E-state index is 4.39. The Morgan fingerprint density at radius 2 is 2.37 bits per heavy atom. The lowest BCUT2D eigenvalue weighted by atomic mass is 9.99. The van der Waals surface area contributed by atoms with Gasteiger partial charge in [0.15, 0.2) is 0 Å². The van der Waals surface area contributed by atoms with E-state index < -0.39 is 0 Å². The summed E-state index contributed by atoms with van der Waals surface area (Å²) in [5, 5.41) is 12.1. The third-order valence-corrected chi connectivity index (χ3v) is 3.69. The van der Waals surface area contributed by atoms with Gasteiger partial charge in [0.2, 0.25) is 0 Å². The first kappa shape index (κ1) is 12.3. The van der Waals surface area contributed by atoms with Gasteiger partial charge in [0.05, 0.1) is 6.54 Å². The second kappa shape index (κ2) is 5.48. The number of nitrogens with one attached hydrogen (secondary N) is 1. The van der Waals surface area contributed by atoms with Crippen molar-refractivity contribution in [3.05, 3.63) is 41.7 Å². The Morgan fingerprint density at radius 3 is 3.11 bits per heavy atom. The summed E-state index contributed by atoms with van der Waals surface area (Å²) in [6.45, 7) is 4.94. The zero-order valence-electron chi connectivity index (χ0n) is 11.2. The van der Waals surface area contributed by atoms with E-state index >= 15 is 0 Å². The molecule has 0 aliphatic carbocycles. The molecule has 1 saturated heterocycles. The molecule has 3 rings (SSSR count). The van der Waals surface area contributed by atoms with Gasteiger partial charge >= 0.3 is 0 Å². The van der Waals surface area contributed by atoms with E-state index in [4.69, 9.17) is 0 Å². The third-order valence-electron chi connectivity index (χ3n) is 3.69. The number of piperidine rings is 1. The summed E-state index contributed by atoms with van der Waals surface area (Å²) >= 11 is 0. The Labute approximate surface area is 113 Å². The van der Waals surface area contributed by atoms with E-state index in [9.17, 15) is 0 Å². The Bertz CT molecular complexity index is 528. The first-order valence-corrected chi connectivity index (χ1v) is 6.84. The number of hydrogen-bond donors (Lipinski definition) is 1. The predicted octanol–water partition coefficient (Wildman–Crippen LogP) is 1.50. The summed E-state index contributed by atoms with van der Waals surface area (Å²) in [4.78, 5) is 4.17. The second-order valence-corrected chi connectivity index (χ2v) is 5.10. The highest BCUT2D eigenvalue weighted by molar-refractivity contribution is 5.13. The fourth-order valence-electron chi connectivity index (χ4n) is 2.64. The molecular formula is C14H19N5. The van der Waals surface area contributed by atoms with Gasteiger partial charge in [-0.15, -0.1) is 10.2 Å². The quantitative estimate of drug-likeness (QED) is 0.905. The van der Waals surface area contributed by atoms with Gasteiger partial charge in [0.25, 0.3) is 0 Å². The van der Waals surface area contributed by atoms with Gasteiger partial charge in [-0.25, -0.2) is 0 Å². The monoisotopic (exact) mass is 257 g/mol. The highest BCUT2D eigenvalue weighted by Crippen LogP contribution is 2.22. The van der Waals surface area contributed by atoms with Crippen molar-refractivity contribution in [2.75, 3.05) is 13.1 Å². The second-order valence-electron chi connectivity index (χ2n) is 5.10. The van der Waals surface area contributed by atoms with Crippen LogP contribution in [-0.2, 0) is 6.54 Å². The third kappa shape index (κ3) is 2.66. The van der Waals surface area contributed by atoms with Crippen molar-refractivity contribution in [1.82, 2.24) is 25.1 Å². The molecule has 0 spiro atoms. The summed E-state index contributed by atoms with van der Waals surface area (Å²) in [6, 6.07) is 4.06. The van der Waals surface area contributed by atoms with Crippen LogP contribution in [0.1, 0.15) is 36.0 Å². The highest BCUT2D eigenvalue weighted by atomic mass is 15.3. The molecule has 0 aromatic carbocycles. The Balaban J connectivity index is 1.86. The van der Waals surface area contributed by atoms with Crippen LogP contribution in [0, 0.1) is 6.92 Å². The molecule has 0 bridgehead atoms. The minimum Gasteiger partial charge on any atom is -0.316 e. The molecule has 0 saturated carbocycles. The lowest BCUT2D eigenvalue weighted by molar-refractivity contribution is 0.434. The molecule has 1 N–H and O–H groups in total. The zero-order valence-corrected chi connectivity index (χ0v) is 11.2. The number of nitrogens with zero attached hydrogens (tertiary/aromatic N) is 4. The van der Waals surface area contributed by atoms with Crippen LogP contribution in [0.5, 0.6) is 0 Å². The zero-order chi connectivity index (χ0) is 13.1. The number of aromatic nitrogens is 4. The number of pyridine rings is 1. The van der Waals surface area contributed by atoms with Crippen LogP contribution < -0.4 is 5.32 Å². The van der Waals surface area contributed by atoms with Crippen LogP contribution >= 0.6 is 0 Å². The maximum absolute atomic E-state index is 4.39. The van der Waals surface area contributed by atoms with Crippen molar-refractivity contribution in [2.24, 2.45) is 0 Å². The molecule has 2 aromatic heterocycles. The van der Waals surface area contributed by atoms with Gasteiger partial charge in [-0.05, 0) is 37.9 Å². The van der Waals surface area contributed by atoms with Crippen LogP contribution in [0.2, 0.25) is 0 Å². The van der Waals surface area contributed by atoms with Gasteiger partial charge in [0.1, 0.15) is 11.6 Å². The van der Waals surface area contributed by atoms with Crippen molar-refractivity contribution in [1.29, 1.82) is 0 Å². The van der Waals surface area contributed by atoms with Crippen molar-refractivity contribution < 1.29 is 0 Å². The standard InChI is InChI=1S/C14H19N5/c1-11-17-18-14(13-5-3-7-16-9-13)19(11)10-12-4-2-6-15-8-12/h2,4,6,8,13,16H,3,5,7,9-10H2,1H3. The molecular weight excluding hydrogens is 238 g/mol. The Morgan fingerprint density at radius 1 is 1.42 bits per heavy atom. The summed E-state index contributed by atoms with van der Waals surface area (Å²) in [5.74, 6) is 2.56. The highest BCUT2D eigenvalue weighted by Gasteiger charge is 2.22. The molecule has 1 aliphatic rings. The number of aryl methyl sites for hydroxylation is 1. The van der Waals surface area contributed by atoms with E-state index in [1.54, 1.807) is 6.20 Å². The fourth-order valence-corrected chi connectivity index (χ4v) is 2.64. The summed E-state index contributed by atoms with van der Waals surface area (Å²) in [5.41, 5.74) is 1.19. The molecule has 0 radical (unpaired) electrons. The topological polar surface area (TPSA) is 55.6 Å². The molecule has 3 heterocycles. The molecule has 100 valence electrons. The van der Waals surface area contributed by atoms with Crippen LogP contribution in [-0.4, -0.2) is 32.8 Å². The van der Waals surface area contributed by atoms with E-state index in [1.807, 2.05) is 19.2 Å². The van der Waals surface area contributed by atoms with Gasteiger partial charge in [0, 0.05) is 24.9 Å². The molecule has 1 fully saturated rings. The van der Waals surface area contributed by atoms with Gasteiger partial charge in [-0.2, -0.15) is 0 Å². The van der Waals surface area contributed by atoms with Gasteiger partial charge in [-0.3, -0.25) is 4.98 Å². The Hall–Kier alpha value is -1.75. The van der Waals surface area contributed by atoms with E-state index in [-0.39, 0.29) is 0 Å². The van der Waals surface area contributed by atoms with Gasteiger partial charge in [-0.1, -0.05) is 6.07 Å². The van der Waals surface area contributed by atoms with Crippen molar-refractivity contribution in [3.8, 4) is 0 Å². The predicted molar refractivity (Wildman–Crippen MR) is 72.9 cm³/mol. The fraction of sp³-hybridized carbons (Fsp3) is 0.500. The minimum atomic E-state index is 0.478. The molecule has 19 heavy (non-hydrogen) atoms. The average molecular weight is 257 g/mol. The molecule has 2 aromatic rings. The summed E-state index contributed by atoms with van der Waals surface area (Å²) < 4.78 is 2.22. The largest absolute Gasteiger partial charge is 0.316 e. The first-order chi connectivity index (χ1) is 9.34. The summed E-state index contributed by atoms with van der Waals surface area (Å²) in [6.07, 6.45) is 6.11. The van der Waals surface area contributed by atoms with Gasteiger partial charge < -0.3 is 9.88 Å². The number of hydrogen-bond acceptors (Lipinski definition) is 4. The molecule has 1 aliphatic heterocycles. The molecule has 1 unspecified atom stereocenters. The normalized spacial score (nSPS) is 19.5. The average Bonchev–Trinajstić information content (AvgIpc) is 2.82. The van der Waals surface area contributed by atoms with E-state index in [1.165, 1.54) is 18.4 Å². The molecule has 5 nitrogen and oxygen atoms in total. The van der Waals surface area contributed by atoms with Crippen molar-refractivity contribution in [2.45, 2.75) is 32.2 Å². The van der Waals surface area contributed by atoms with E-state index in [0.717, 1.165) is 31.3 Å². The molecule has 1 atom stereocenters. The van der Waals surface area contributed by atoms with Crippen LogP contribution in [0.25, 0.3) is 0 Å². The first-order valence-electron chi connectivity index (χ1n) is 6.84. The van der Waals surface area contributed by atoms with E-state index in [0.29, 0.717) is 5.92 Å². The van der Waals surface area contributed by atoms with Crippen LogP contribution in [0.3, 0.4) is 0 Å². The Kier molecular flexibility index (Phi) is 3.55. The van der Waals surface area contributed by atoms with Crippen LogP contribution in [0.4, 0.5) is 0 Å². The van der Waals surface area contributed by atoms with Crippen molar-refractivity contribution in [3.63, 3.8) is 0 Å². The molecule has 5 heteroatoms. The lowest BCUT2D eigenvalue weighted by Gasteiger charge is -2.22. The molecule has 0 amide bonds. The minimum absolute atomic E-state index is 0.478. The SMILES string of the molecule is Cc1nnc(C2CCCNC2)n1Cc1cccnc1. The van der Waals surface area contributed by atoms with Crippen molar-refractivity contribution >= 4 is 0 Å². The smallest absolute Gasteiger partial charge is 0.137 e. The van der Waals surface area contributed by atoms with Crippen LogP contribution in [0.15, 0.2) is 24.5 Å². The summed E-state index contributed by atoms with van der Waals surface area (Å²) in [7, 11) is 0. The maximum Gasteiger partial charge on any atom is 0.137 e.